The lowest BCUT2D eigenvalue weighted by Gasteiger charge is -2.17. The molecule has 110 valence electrons. The molecule has 0 saturated carbocycles. The van der Waals surface area contributed by atoms with E-state index < -0.39 is 37.5 Å². The van der Waals surface area contributed by atoms with E-state index in [2.05, 4.69) is 0 Å². The Morgan fingerprint density at radius 2 is 1.95 bits per heavy atom. The van der Waals surface area contributed by atoms with Crippen LogP contribution >= 0.6 is 0 Å². The number of esters is 1. The Labute approximate surface area is 109 Å². The van der Waals surface area contributed by atoms with Gasteiger partial charge in [-0.3, -0.25) is 0 Å². The molecule has 0 saturated heterocycles. The van der Waals surface area contributed by atoms with Crippen molar-refractivity contribution in [2.75, 3.05) is 26.4 Å². The summed E-state index contributed by atoms with van der Waals surface area (Å²) in [5.41, 5.74) is 0. The van der Waals surface area contributed by atoms with Crippen molar-refractivity contribution in [1.82, 2.24) is 0 Å². The van der Waals surface area contributed by atoms with Gasteiger partial charge in [-0.25, -0.2) is 4.79 Å². The minimum Gasteiger partial charge on any atom is -0.490 e. The molecule has 0 bridgehead atoms. The first kappa shape index (κ1) is 15.7. The lowest BCUT2D eigenvalue weighted by atomic mass is 10.2. The molecular weight excluding hydrogens is 260 g/mol. The number of hydrogen-bond acceptors (Lipinski definition) is 8. The third-order valence-corrected chi connectivity index (χ3v) is 2.37. The number of hydrogen-bond donors (Lipinski definition) is 4. The van der Waals surface area contributed by atoms with E-state index in [0.717, 1.165) is 0 Å². The standard InChI is InChI=1S/C11H18O8/c1-2-17-9-8(7(15)4-13)19-11(16)10(9)18-5-6(14)3-12/h6-8,12-15H,2-5H2,1H3/t6?,7-,8+/m0/s1. The van der Waals surface area contributed by atoms with Crippen molar-refractivity contribution < 1.29 is 39.4 Å². The first-order valence-electron chi connectivity index (χ1n) is 5.83. The zero-order valence-electron chi connectivity index (χ0n) is 10.5. The summed E-state index contributed by atoms with van der Waals surface area (Å²) >= 11 is 0. The average Bonchev–Trinajstić information content (AvgIpc) is 2.72. The van der Waals surface area contributed by atoms with Crippen molar-refractivity contribution in [1.29, 1.82) is 0 Å². The Hall–Kier alpha value is -1.35. The van der Waals surface area contributed by atoms with Gasteiger partial charge < -0.3 is 34.6 Å². The van der Waals surface area contributed by atoms with Crippen molar-refractivity contribution >= 4 is 5.97 Å². The number of aliphatic hydroxyl groups excluding tert-OH is 4. The molecule has 0 aromatic rings. The van der Waals surface area contributed by atoms with Crippen LogP contribution in [0, 0.1) is 0 Å². The summed E-state index contributed by atoms with van der Waals surface area (Å²) < 4.78 is 15.1. The smallest absolute Gasteiger partial charge is 0.378 e. The Morgan fingerprint density at radius 3 is 2.47 bits per heavy atom. The van der Waals surface area contributed by atoms with Gasteiger partial charge in [-0.2, -0.15) is 0 Å². The van der Waals surface area contributed by atoms with E-state index >= 15 is 0 Å². The fourth-order valence-corrected chi connectivity index (χ4v) is 1.47. The highest BCUT2D eigenvalue weighted by atomic mass is 16.6. The monoisotopic (exact) mass is 278 g/mol. The highest BCUT2D eigenvalue weighted by Gasteiger charge is 2.41. The van der Waals surface area contributed by atoms with E-state index in [1.165, 1.54) is 0 Å². The Balaban J connectivity index is 2.85. The number of carbonyl (C=O) groups is 1. The highest BCUT2D eigenvalue weighted by molar-refractivity contribution is 5.89. The van der Waals surface area contributed by atoms with Crippen LogP contribution in [-0.2, 0) is 19.0 Å². The van der Waals surface area contributed by atoms with E-state index in [1.54, 1.807) is 6.92 Å². The van der Waals surface area contributed by atoms with E-state index in [0.29, 0.717) is 0 Å². The third kappa shape index (κ3) is 3.80. The summed E-state index contributed by atoms with van der Waals surface area (Å²) in [5.74, 6) is -1.16. The number of cyclic esters (lactones) is 1. The molecule has 1 heterocycles. The number of aliphatic hydroxyl groups is 4. The summed E-state index contributed by atoms with van der Waals surface area (Å²) in [5, 5.41) is 36.2. The first-order valence-corrected chi connectivity index (χ1v) is 5.83. The van der Waals surface area contributed by atoms with E-state index in [4.69, 9.17) is 29.5 Å². The molecular formula is C11H18O8. The van der Waals surface area contributed by atoms with Gasteiger partial charge in [-0.1, -0.05) is 0 Å². The predicted molar refractivity (Wildman–Crippen MR) is 60.7 cm³/mol. The van der Waals surface area contributed by atoms with Gasteiger partial charge in [0.25, 0.3) is 0 Å². The second-order valence-electron chi connectivity index (χ2n) is 3.85. The minimum absolute atomic E-state index is 0.0285. The normalized spacial score (nSPS) is 22.2. The van der Waals surface area contributed by atoms with Gasteiger partial charge in [0.05, 0.1) is 19.8 Å². The molecule has 0 spiro atoms. The second kappa shape index (κ2) is 7.29. The van der Waals surface area contributed by atoms with Gasteiger partial charge in [0.2, 0.25) is 5.76 Å². The zero-order chi connectivity index (χ0) is 14.4. The molecule has 1 unspecified atom stereocenters. The van der Waals surface area contributed by atoms with Crippen LogP contribution in [0.25, 0.3) is 0 Å². The molecule has 1 rings (SSSR count). The van der Waals surface area contributed by atoms with E-state index in [9.17, 15) is 9.90 Å². The van der Waals surface area contributed by atoms with Crippen molar-refractivity contribution in [3.8, 4) is 0 Å². The van der Waals surface area contributed by atoms with E-state index in [-0.39, 0.29) is 24.7 Å². The SMILES string of the molecule is CCOC1=C(OCC(O)CO)C(=O)O[C@@H]1[C@@H](O)CO. The number of rotatable bonds is 8. The molecule has 1 aliphatic heterocycles. The molecule has 8 heteroatoms. The molecule has 3 atom stereocenters. The molecule has 0 radical (unpaired) electrons. The van der Waals surface area contributed by atoms with Crippen LogP contribution < -0.4 is 0 Å². The minimum atomic E-state index is -1.32. The Kier molecular flexibility index (Phi) is 6.03. The maximum atomic E-state index is 11.6. The molecule has 0 amide bonds. The number of carbonyl (C=O) groups excluding carboxylic acids is 1. The summed E-state index contributed by atoms with van der Waals surface area (Å²) in [4.78, 5) is 11.6. The van der Waals surface area contributed by atoms with Gasteiger partial charge in [0, 0.05) is 0 Å². The largest absolute Gasteiger partial charge is 0.490 e. The maximum absolute atomic E-state index is 11.6. The fraction of sp³-hybridized carbons (Fsp3) is 0.727. The zero-order valence-corrected chi connectivity index (χ0v) is 10.5. The summed E-state index contributed by atoms with van der Waals surface area (Å²) in [6.45, 7) is 0.421. The lowest BCUT2D eigenvalue weighted by Crippen LogP contribution is -2.32. The van der Waals surface area contributed by atoms with Crippen LogP contribution in [0.1, 0.15) is 6.92 Å². The molecule has 0 fully saturated rings. The van der Waals surface area contributed by atoms with Crippen LogP contribution in [0.2, 0.25) is 0 Å². The van der Waals surface area contributed by atoms with Crippen molar-refractivity contribution in [2.24, 2.45) is 0 Å². The van der Waals surface area contributed by atoms with Gasteiger partial charge in [-0.15, -0.1) is 0 Å². The highest BCUT2D eigenvalue weighted by Crippen LogP contribution is 2.27. The maximum Gasteiger partial charge on any atom is 0.378 e. The molecule has 1 aliphatic rings. The van der Waals surface area contributed by atoms with Gasteiger partial charge in [0.15, 0.2) is 11.9 Å². The predicted octanol–water partition coefficient (Wildman–Crippen LogP) is -2.12. The third-order valence-electron chi connectivity index (χ3n) is 2.37. The van der Waals surface area contributed by atoms with Crippen LogP contribution in [0.3, 0.4) is 0 Å². The van der Waals surface area contributed by atoms with Crippen LogP contribution in [-0.4, -0.2) is 71.1 Å². The molecule has 4 N–H and O–H groups in total. The molecule has 0 aromatic carbocycles. The average molecular weight is 278 g/mol. The van der Waals surface area contributed by atoms with Crippen LogP contribution in [0.5, 0.6) is 0 Å². The lowest BCUT2D eigenvalue weighted by molar-refractivity contribution is -0.149. The quantitative estimate of drug-likeness (QED) is 0.371. The molecule has 0 aliphatic carbocycles. The summed E-state index contributed by atoms with van der Waals surface area (Å²) in [6, 6.07) is 0. The first-order chi connectivity index (χ1) is 9.04. The van der Waals surface area contributed by atoms with Crippen LogP contribution in [0.15, 0.2) is 11.5 Å². The van der Waals surface area contributed by atoms with Crippen molar-refractivity contribution in [2.45, 2.75) is 25.2 Å². The summed E-state index contributed by atoms with van der Waals surface area (Å²) in [6.07, 6.45) is -3.61. The summed E-state index contributed by atoms with van der Waals surface area (Å²) in [7, 11) is 0. The molecule has 19 heavy (non-hydrogen) atoms. The Bertz CT molecular complexity index is 340. The van der Waals surface area contributed by atoms with E-state index in [1.807, 2.05) is 0 Å². The number of ether oxygens (including phenoxy) is 3. The van der Waals surface area contributed by atoms with Crippen molar-refractivity contribution in [3.63, 3.8) is 0 Å². The molecule has 0 aromatic heterocycles. The fourth-order valence-electron chi connectivity index (χ4n) is 1.47. The van der Waals surface area contributed by atoms with Crippen LogP contribution in [0.4, 0.5) is 0 Å². The van der Waals surface area contributed by atoms with Crippen molar-refractivity contribution in [3.05, 3.63) is 11.5 Å². The Morgan fingerprint density at radius 1 is 1.26 bits per heavy atom. The topological polar surface area (TPSA) is 126 Å². The second-order valence-corrected chi connectivity index (χ2v) is 3.85. The van der Waals surface area contributed by atoms with Gasteiger partial charge in [0.1, 0.15) is 18.8 Å². The van der Waals surface area contributed by atoms with Gasteiger partial charge >= 0.3 is 5.97 Å². The van der Waals surface area contributed by atoms with Gasteiger partial charge in [-0.05, 0) is 6.92 Å². The molecule has 8 nitrogen and oxygen atoms in total.